The first kappa shape index (κ1) is 13.1. The maximum atomic E-state index is 12.6. The van der Waals surface area contributed by atoms with Crippen LogP contribution in [0.3, 0.4) is 0 Å². The van der Waals surface area contributed by atoms with Gasteiger partial charge in [0.2, 0.25) is 0 Å². The lowest BCUT2D eigenvalue weighted by Crippen LogP contribution is -2.26. The van der Waals surface area contributed by atoms with Crippen LogP contribution in [0.25, 0.3) is 10.8 Å². The summed E-state index contributed by atoms with van der Waals surface area (Å²) in [5.74, 6) is 0. The lowest BCUT2D eigenvalue weighted by Gasteiger charge is -2.14. The minimum absolute atomic E-state index is 0.0693. The van der Waals surface area contributed by atoms with E-state index in [9.17, 15) is 4.79 Å². The number of hydrogen-bond donors (Lipinski definition) is 0. The Morgan fingerprint density at radius 2 is 1.90 bits per heavy atom. The average Bonchev–Trinajstić information content (AvgIpc) is 2.48. The van der Waals surface area contributed by atoms with Crippen molar-refractivity contribution in [3.05, 3.63) is 75.1 Å². The van der Waals surface area contributed by atoms with Gasteiger partial charge >= 0.3 is 0 Å². The Kier molecular flexibility index (Phi) is 3.40. The maximum absolute atomic E-state index is 12.6. The van der Waals surface area contributed by atoms with E-state index in [0.717, 1.165) is 15.4 Å². The molecule has 0 amide bonds. The molecule has 20 heavy (non-hydrogen) atoms. The van der Waals surface area contributed by atoms with Crippen molar-refractivity contribution >= 4 is 26.7 Å². The van der Waals surface area contributed by atoms with E-state index in [-0.39, 0.29) is 11.6 Å². The summed E-state index contributed by atoms with van der Waals surface area (Å²) in [7, 11) is 0. The van der Waals surface area contributed by atoms with Crippen LogP contribution in [-0.4, -0.2) is 9.78 Å². The third kappa shape index (κ3) is 2.27. The number of hydrogen-bond acceptors (Lipinski definition) is 2. The zero-order valence-electron chi connectivity index (χ0n) is 11.0. The van der Waals surface area contributed by atoms with E-state index in [1.54, 1.807) is 6.20 Å². The van der Waals surface area contributed by atoms with E-state index < -0.39 is 0 Å². The van der Waals surface area contributed by atoms with Gasteiger partial charge in [-0.1, -0.05) is 52.3 Å². The van der Waals surface area contributed by atoms with Crippen LogP contribution in [0.5, 0.6) is 0 Å². The van der Waals surface area contributed by atoms with Gasteiger partial charge in [-0.25, -0.2) is 4.68 Å². The molecule has 0 radical (unpaired) electrons. The second-order valence-corrected chi connectivity index (χ2v) is 5.63. The molecule has 0 saturated carbocycles. The quantitative estimate of drug-likeness (QED) is 0.717. The minimum atomic E-state index is -0.0907. The number of benzene rings is 2. The van der Waals surface area contributed by atoms with Gasteiger partial charge in [-0.2, -0.15) is 5.10 Å². The average molecular weight is 329 g/mol. The first-order valence-electron chi connectivity index (χ1n) is 6.39. The summed E-state index contributed by atoms with van der Waals surface area (Å²) in [5, 5.41) is 5.84. The Balaban J connectivity index is 2.18. The highest BCUT2D eigenvalue weighted by atomic mass is 79.9. The van der Waals surface area contributed by atoms with Crippen molar-refractivity contribution in [2.45, 2.75) is 13.0 Å². The van der Waals surface area contributed by atoms with E-state index >= 15 is 0 Å². The Labute approximate surface area is 125 Å². The molecule has 1 heterocycles. The smallest absolute Gasteiger partial charge is 0.267 e. The van der Waals surface area contributed by atoms with Gasteiger partial charge in [0.1, 0.15) is 0 Å². The van der Waals surface area contributed by atoms with Gasteiger partial charge in [0.25, 0.3) is 5.56 Å². The normalized spacial score (nSPS) is 12.5. The van der Waals surface area contributed by atoms with Gasteiger partial charge in [-0.3, -0.25) is 4.79 Å². The first-order chi connectivity index (χ1) is 9.66. The molecule has 3 aromatic rings. The van der Waals surface area contributed by atoms with Gasteiger partial charge < -0.3 is 0 Å². The van der Waals surface area contributed by atoms with Crippen LogP contribution < -0.4 is 5.56 Å². The minimum Gasteiger partial charge on any atom is -0.267 e. The summed E-state index contributed by atoms with van der Waals surface area (Å²) in [5.41, 5.74) is 0.997. The standard InChI is InChI=1S/C16H13BrN2O/c1-11(12-5-3-2-4-6-12)19-16(20)15-9-14(17)8-7-13(15)10-18-19/h2-11H,1H3. The summed E-state index contributed by atoms with van der Waals surface area (Å²) in [6, 6.07) is 15.5. The monoisotopic (exact) mass is 328 g/mol. The van der Waals surface area contributed by atoms with Crippen LogP contribution in [0, 0.1) is 0 Å². The summed E-state index contributed by atoms with van der Waals surface area (Å²) in [4.78, 5) is 12.6. The van der Waals surface area contributed by atoms with Gasteiger partial charge in [0.15, 0.2) is 0 Å². The zero-order chi connectivity index (χ0) is 14.1. The molecule has 0 aliphatic heterocycles. The highest BCUT2D eigenvalue weighted by Gasteiger charge is 2.12. The maximum Gasteiger partial charge on any atom is 0.275 e. The highest BCUT2D eigenvalue weighted by molar-refractivity contribution is 9.10. The Hall–Kier alpha value is -1.94. The molecule has 0 fully saturated rings. The van der Waals surface area contributed by atoms with Crippen molar-refractivity contribution in [3.8, 4) is 0 Å². The van der Waals surface area contributed by atoms with E-state index in [0.29, 0.717) is 5.39 Å². The van der Waals surface area contributed by atoms with E-state index in [1.807, 2.05) is 55.5 Å². The summed E-state index contributed by atoms with van der Waals surface area (Å²) >= 11 is 3.40. The van der Waals surface area contributed by atoms with Crippen molar-refractivity contribution < 1.29 is 0 Å². The second kappa shape index (κ2) is 5.21. The van der Waals surface area contributed by atoms with Crippen molar-refractivity contribution in [2.24, 2.45) is 0 Å². The fourth-order valence-electron chi connectivity index (χ4n) is 2.28. The third-order valence-corrected chi connectivity index (χ3v) is 3.92. The highest BCUT2D eigenvalue weighted by Crippen LogP contribution is 2.18. The topological polar surface area (TPSA) is 34.9 Å². The Morgan fingerprint density at radius 3 is 2.65 bits per heavy atom. The predicted molar refractivity (Wildman–Crippen MR) is 84.0 cm³/mol. The lowest BCUT2D eigenvalue weighted by molar-refractivity contribution is 0.537. The van der Waals surface area contributed by atoms with Crippen LogP contribution in [0.4, 0.5) is 0 Å². The van der Waals surface area contributed by atoms with Crippen LogP contribution in [0.15, 0.2) is 64.0 Å². The van der Waals surface area contributed by atoms with Crippen LogP contribution in [0.2, 0.25) is 0 Å². The lowest BCUT2D eigenvalue weighted by atomic mass is 10.1. The number of halogens is 1. The SMILES string of the molecule is CC(c1ccccc1)n1ncc2ccc(Br)cc2c1=O. The molecule has 100 valence electrons. The fraction of sp³-hybridized carbons (Fsp3) is 0.125. The molecule has 0 N–H and O–H groups in total. The van der Waals surface area contributed by atoms with E-state index in [4.69, 9.17) is 0 Å². The molecule has 0 aliphatic carbocycles. The van der Waals surface area contributed by atoms with Gasteiger partial charge in [0.05, 0.1) is 17.6 Å². The fourth-order valence-corrected chi connectivity index (χ4v) is 2.64. The van der Waals surface area contributed by atoms with Crippen molar-refractivity contribution in [3.63, 3.8) is 0 Å². The van der Waals surface area contributed by atoms with E-state index in [2.05, 4.69) is 21.0 Å². The molecule has 0 spiro atoms. The van der Waals surface area contributed by atoms with E-state index in [1.165, 1.54) is 4.68 Å². The molecule has 0 aliphatic rings. The summed E-state index contributed by atoms with van der Waals surface area (Å²) in [6.07, 6.45) is 1.74. The predicted octanol–water partition coefficient (Wildman–Crippen LogP) is 3.77. The molecular weight excluding hydrogens is 316 g/mol. The molecule has 1 aromatic heterocycles. The number of aromatic nitrogens is 2. The molecule has 0 bridgehead atoms. The molecule has 0 saturated heterocycles. The summed E-state index contributed by atoms with van der Waals surface area (Å²) in [6.45, 7) is 1.98. The number of rotatable bonds is 2. The molecular formula is C16H13BrN2O. The molecule has 1 unspecified atom stereocenters. The zero-order valence-corrected chi connectivity index (χ0v) is 12.5. The third-order valence-electron chi connectivity index (χ3n) is 3.42. The van der Waals surface area contributed by atoms with Crippen LogP contribution in [0.1, 0.15) is 18.5 Å². The van der Waals surface area contributed by atoms with Crippen molar-refractivity contribution in [1.82, 2.24) is 9.78 Å². The van der Waals surface area contributed by atoms with Gasteiger partial charge in [-0.15, -0.1) is 0 Å². The van der Waals surface area contributed by atoms with Crippen LogP contribution in [-0.2, 0) is 0 Å². The molecule has 2 aromatic carbocycles. The molecule has 4 heteroatoms. The largest absolute Gasteiger partial charge is 0.275 e. The Bertz CT molecular complexity index is 812. The second-order valence-electron chi connectivity index (χ2n) is 4.71. The van der Waals surface area contributed by atoms with Gasteiger partial charge in [-0.05, 0) is 24.6 Å². The first-order valence-corrected chi connectivity index (χ1v) is 7.18. The molecule has 3 rings (SSSR count). The Morgan fingerprint density at radius 1 is 1.15 bits per heavy atom. The molecule has 3 nitrogen and oxygen atoms in total. The van der Waals surface area contributed by atoms with Crippen molar-refractivity contribution in [2.75, 3.05) is 0 Å². The van der Waals surface area contributed by atoms with Crippen molar-refractivity contribution in [1.29, 1.82) is 0 Å². The molecule has 1 atom stereocenters. The summed E-state index contributed by atoms with van der Waals surface area (Å²) < 4.78 is 2.43. The van der Waals surface area contributed by atoms with Crippen LogP contribution >= 0.6 is 15.9 Å². The number of fused-ring (bicyclic) bond motifs is 1. The number of nitrogens with zero attached hydrogens (tertiary/aromatic N) is 2. The van der Waals surface area contributed by atoms with Gasteiger partial charge in [0, 0.05) is 9.86 Å².